The number of nitrogens with one attached hydrogen (secondary N) is 1. The number of amides is 1. The summed E-state index contributed by atoms with van der Waals surface area (Å²) in [6.07, 6.45) is 5.49. The van der Waals surface area contributed by atoms with Gasteiger partial charge in [0.15, 0.2) is 0 Å². The van der Waals surface area contributed by atoms with E-state index in [4.69, 9.17) is 0 Å². The molecule has 0 aliphatic carbocycles. The second-order valence-electron chi connectivity index (χ2n) is 5.06. The highest BCUT2D eigenvalue weighted by atomic mass is 35.5. The van der Waals surface area contributed by atoms with Crippen molar-refractivity contribution in [2.24, 2.45) is 5.92 Å². The molecular formula is C12H23ClN2O. The highest BCUT2D eigenvalue weighted by molar-refractivity contribution is 5.85. The fourth-order valence-corrected chi connectivity index (χ4v) is 2.53. The van der Waals surface area contributed by atoms with Crippen molar-refractivity contribution < 1.29 is 4.79 Å². The molecule has 2 rings (SSSR count). The maximum Gasteiger partial charge on any atom is 0.224 e. The fraction of sp³-hybridized carbons (Fsp3) is 0.917. The number of likely N-dealkylation sites (tertiary alicyclic amines) is 1. The van der Waals surface area contributed by atoms with Gasteiger partial charge in [-0.1, -0.05) is 6.92 Å². The second-order valence-corrected chi connectivity index (χ2v) is 5.06. The van der Waals surface area contributed by atoms with Gasteiger partial charge < -0.3 is 10.2 Å². The molecule has 2 fully saturated rings. The van der Waals surface area contributed by atoms with E-state index < -0.39 is 0 Å². The van der Waals surface area contributed by atoms with Gasteiger partial charge in [-0.25, -0.2) is 0 Å². The van der Waals surface area contributed by atoms with E-state index in [2.05, 4.69) is 17.1 Å². The third-order valence-corrected chi connectivity index (χ3v) is 3.72. The van der Waals surface area contributed by atoms with Crippen LogP contribution in [0.1, 0.15) is 39.0 Å². The Morgan fingerprint density at radius 3 is 2.56 bits per heavy atom. The first kappa shape index (κ1) is 13.8. The number of rotatable bonds is 2. The Labute approximate surface area is 104 Å². The zero-order valence-electron chi connectivity index (χ0n) is 10.1. The zero-order chi connectivity index (χ0) is 10.7. The Hall–Kier alpha value is -0.280. The minimum atomic E-state index is 0. The summed E-state index contributed by atoms with van der Waals surface area (Å²) in [5.74, 6) is 1.17. The molecule has 0 bridgehead atoms. The minimum absolute atomic E-state index is 0. The third-order valence-electron chi connectivity index (χ3n) is 3.72. The van der Waals surface area contributed by atoms with Crippen molar-refractivity contribution in [1.82, 2.24) is 10.2 Å². The van der Waals surface area contributed by atoms with Crippen LogP contribution >= 0.6 is 12.4 Å². The molecule has 0 aromatic carbocycles. The monoisotopic (exact) mass is 246 g/mol. The second kappa shape index (κ2) is 6.45. The lowest BCUT2D eigenvalue weighted by Crippen LogP contribution is -2.40. The number of carbonyl (C=O) groups excluding carboxylic acids is 1. The first-order chi connectivity index (χ1) is 7.25. The molecule has 94 valence electrons. The normalized spacial score (nSPS) is 26.6. The van der Waals surface area contributed by atoms with Crippen molar-refractivity contribution >= 4 is 18.3 Å². The molecule has 1 amide bonds. The average molecular weight is 247 g/mol. The molecule has 2 saturated heterocycles. The van der Waals surface area contributed by atoms with E-state index in [1.54, 1.807) is 0 Å². The van der Waals surface area contributed by atoms with Crippen molar-refractivity contribution in [3.63, 3.8) is 0 Å². The van der Waals surface area contributed by atoms with Gasteiger partial charge in [0.05, 0.1) is 0 Å². The maximum atomic E-state index is 11.9. The van der Waals surface area contributed by atoms with Crippen LogP contribution in [0.15, 0.2) is 0 Å². The zero-order valence-corrected chi connectivity index (χ0v) is 10.9. The molecule has 3 nitrogen and oxygen atoms in total. The summed E-state index contributed by atoms with van der Waals surface area (Å²) in [4.78, 5) is 14.0. The van der Waals surface area contributed by atoms with Gasteiger partial charge in [0.2, 0.25) is 5.91 Å². The molecule has 2 aliphatic rings. The van der Waals surface area contributed by atoms with Gasteiger partial charge in [-0.15, -0.1) is 12.4 Å². The van der Waals surface area contributed by atoms with Gasteiger partial charge in [0.25, 0.3) is 0 Å². The highest BCUT2D eigenvalue weighted by Gasteiger charge is 2.24. The lowest BCUT2D eigenvalue weighted by molar-refractivity contribution is -0.132. The molecule has 0 saturated carbocycles. The SMILES string of the molecule is CC1CCN(C(=O)CC2CCCN2)CC1.Cl. The van der Waals surface area contributed by atoms with Crippen LogP contribution in [0.4, 0.5) is 0 Å². The standard InChI is InChI=1S/C12H22N2O.ClH/c1-10-4-7-14(8-5-10)12(15)9-11-3-2-6-13-11;/h10-11,13H,2-9H2,1H3;1H. The van der Waals surface area contributed by atoms with Gasteiger partial charge in [-0.05, 0) is 38.1 Å². The predicted octanol–water partition coefficient (Wildman–Crippen LogP) is 1.81. The Morgan fingerprint density at radius 1 is 1.31 bits per heavy atom. The smallest absolute Gasteiger partial charge is 0.224 e. The van der Waals surface area contributed by atoms with Crippen LogP contribution in [0.3, 0.4) is 0 Å². The quantitative estimate of drug-likeness (QED) is 0.806. The van der Waals surface area contributed by atoms with Crippen molar-refractivity contribution in [2.45, 2.75) is 45.1 Å². The molecule has 1 N–H and O–H groups in total. The fourth-order valence-electron chi connectivity index (χ4n) is 2.53. The molecule has 1 atom stereocenters. The van der Waals surface area contributed by atoms with Gasteiger partial charge in [-0.3, -0.25) is 4.79 Å². The van der Waals surface area contributed by atoms with Crippen molar-refractivity contribution in [3.05, 3.63) is 0 Å². The Bertz CT molecular complexity index is 221. The first-order valence-corrected chi connectivity index (χ1v) is 6.27. The van der Waals surface area contributed by atoms with E-state index in [9.17, 15) is 4.79 Å². The molecule has 4 heteroatoms. The summed E-state index contributed by atoms with van der Waals surface area (Å²) in [6.45, 7) is 5.33. The number of piperidine rings is 1. The van der Waals surface area contributed by atoms with Crippen LogP contribution in [0.5, 0.6) is 0 Å². The van der Waals surface area contributed by atoms with Crippen molar-refractivity contribution in [3.8, 4) is 0 Å². The molecule has 1 unspecified atom stereocenters. The number of halogens is 1. The van der Waals surface area contributed by atoms with Crippen LogP contribution in [0.2, 0.25) is 0 Å². The van der Waals surface area contributed by atoms with E-state index in [0.717, 1.165) is 25.6 Å². The molecule has 16 heavy (non-hydrogen) atoms. The van der Waals surface area contributed by atoms with Crippen LogP contribution in [-0.4, -0.2) is 36.5 Å². The Morgan fingerprint density at radius 2 is 2.00 bits per heavy atom. The molecule has 2 aliphatic heterocycles. The minimum Gasteiger partial charge on any atom is -0.343 e. The third kappa shape index (κ3) is 3.63. The average Bonchev–Trinajstić information content (AvgIpc) is 2.71. The lowest BCUT2D eigenvalue weighted by Gasteiger charge is -2.31. The predicted molar refractivity (Wildman–Crippen MR) is 67.9 cm³/mol. The summed E-state index contributed by atoms with van der Waals surface area (Å²) in [5, 5.41) is 3.39. The van der Waals surface area contributed by atoms with Crippen LogP contribution in [-0.2, 0) is 4.79 Å². The lowest BCUT2D eigenvalue weighted by atomic mass is 9.98. The summed E-state index contributed by atoms with van der Waals surface area (Å²) in [7, 11) is 0. The van der Waals surface area contributed by atoms with Gasteiger partial charge in [-0.2, -0.15) is 0 Å². The number of hydrogen-bond donors (Lipinski definition) is 1. The molecule has 0 aromatic rings. The summed E-state index contributed by atoms with van der Waals surface area (Å²) >= 11 is 0. The summed E-state index contributed by atoms with van der Waals surface area (Å²) < 4.78 is 0. The van der Waals surface area contributed by atoms with Gasteiger partial charge in [0, 0.05) is 25.6 Å². The Balaban J connectivity index is 0.00000128. The largest absolute Gasteiger partial charge is 0.343 e. The van der Waals surface area contributed by atoms with Crippen LogP contribution in [0, 0.1) is 5.92 Å². The number of carbonyl (C=O) groups is 1. The molecule has 0 radical (unpaired) electrons. The first-order valence-electron chi connectivity index (χ1n) is 6.27. The van der Waals surface area contributed by atoms with Crippen molar-refractivity contribution in [2.75, 3.05) is 19.6 Å². The topological polar surface area (TPSA) is 32.3 Å². The molecular weight excluding hydrogens is 224 g/mol. The summed E-state index contributed by atoms with van der Waals surface area (Å²) in [5.41, 5.74) is 0. The maximum absolute atomic E-state index is 11.9. The van der Waals surface area contributed by atoms with E-state index in [1.807, 2.05) is 0 Å². The summed E-state index contributed by atoms with van der Waals surface area (Å²) in [6, 6.07) is 0.455. The van der Waals surface area contributed by atoms with Gasteiger partial charge >= 0.3 is 0 Å². The van der Waals surface area contributed by atoms with E-state index in [0.29, 0.717) is 18.4 Å². The van der Waals surface area contributed by atoms with Crippen molar-refractivity contribution in [1.29, 1.82) is 0 Å². The number of hydrogen-bond acceptors (Lipinski definition) is 2. The van der Waals surface area contributed by atoms with Gasteiger partial charge in [0.1, 0.15) is 0 Å². The van der Waals surface area contributed by atoms with E-state index in [-0.39, 0.29) is 12.4 Å². The number of nitrogens with zero attached hydrogens (tertiary/aromatic N) is 1. The van der Waals surface area contributed by atoms with Crippen LogP contribution in [0.25, 0.3) is 0 Å². The van der Waals surface area contributed by atoms with E-state index >= 15 is 0 Å². The molecule has 0 spiro atoms. The van der Waals surface area contributed by atoms with Crippen LogP contribution < -0.4 is 5.32 Å². The molecule has 0 aromatic heterocycles. The highest BCUT2D eigenvalue weighted by Crippen LogP contribution is 2.18. The van der Waals surface area contributed by atoms with E-state index in [1.165, 1.54) is 25.7 Å². The Kier molecular flexibility index (Phi) is 5.56. The molecule has 2 heterocycles.